The van der Waals surface area contributed by atoms with Crippen LogP contribution in [-0.2, 0) is 28.6 Å². The fourth-order valence-electron chi connectivity index (χ4n) is 10.1. The molecule has 0 radical (unpaired) electrons. The van der Waals surface area contributed by atoms with Gasteiger partial charge < -0.3 is 14.2 Å². The molecule has 6 heteroatoms. The molecule has 0 aliphatic carbocycles. The Hall–Kier alpha value is -3.15. The van der Waals surface area contributed by atoms with E-state index in [1.54, 1.807) is 0 Å². The van der Waals surface area contributed by atoms with Crippen molar-refractivity contribution in [1.82, 2.24) is 0 Å². The van der Waals surface area contributed by atoms with Crippen LogP contribution in [0.1, 0.15) is 355 Å². The Bertz CT molecular complexity index is 1450. The van der Waals surface area contributed by atoms with Crippen LogP contribution in [-0.4, -0.2) is 37.2 Å². The van der Waals surface area contributed by atoms with E-state index in [0.717, 1.165) is 96.3 Å². The number of rotatable bonds is 63. The molecule has 0 bridgehead atoms. The highest BCUT2D eigenvalue weighted by atomic mass is 16.6. The summed E-state index contributed by atoms with van der Waals surface area (Å²) >= 11 is 0. The number of allylic oxidation sites excluding steroid dienone is 12. The molecule has 0 aliphatic rings. The highest BCUT2D eigenvalue weighted by molar-refractivity contribution is 5.71. The largest absolute Gasteiger partial charge is 0.462 e. The van der Waals surface area contributed by atoms with Crippen LogP contribution in [0, 0.1) is 0 Å². The number of esters is 3. The second kappa shape index (κ2) is 67.4. The highest BCUT2D eigenvalue weighted by Gasteiger charge is 2.19. The van der Waals surface area contributed by atoms with Gasteiger partial charge in [0, 0.05) is 19.3 Å². The zero-order valence-corrected chi connectivity index (χ0v) is 52.6. The van der Waals surface area contributed by atoms with Gasteiger partial charge >= 0.3 is 17.9 Å². The van der Waals surface area contributed by atoms with Gasteiger partial charge in [-0.2, -0.15) is 0 Å². The van der Waals surface area contributed by atoms with Gasteiger partial charge in [0.2, 0.25) is 0 Å². The summed E-state index contributed by atoms with van der Waals surface area (Å²) in [6.07, 6.45) is 87.7. The Morgan fingerprint density at radius 2 is 0.494 bits per heavy atom. The average Bonchev–Trinajstić information content (AvgIpc) is 3.45. The van der Waals surface area contributed by atoms with Crippen LogP contribution in [0.4, 0.5) is 0 Å². The minimum atomic E-state index is -0.774. The van der Waals surface area contributed by atoms with Crippen LogP contribution in [0.3, 0.4) is 0 Å². The topological polar surface area (TPSA) is 78.9 Å². The predicted octanol–water partition coefficient (Wildman–Crippen LogP) is 23.7. The van der Waals surface area contributed by atoms with Gasteiger partial charge in [0.25, 0.3) is 0 Å². The predicted molar refractivity (Wildman–Crippen MR) is 344 cm³/mol. The number of hydrogen-bond donors (Lipinski definition) is 0. The molecule has 0 aliphatic heterocycles. The maximum atomic E-state index is 12.9. The summed E-state index contributed by atoms with van der Waals surface area (Å²) in [4.78, 5) is 38.4. The van der Waals surface area contributed by atoms with E-state index in [1.807, 2.05) is 0 Å². The molecule has 0 saturated carbocycles. The zero-order chi connectivity index (χ0) is 57.1. The Labute approximate surface area is 491 Å². The first-order chi connectivity index (χ1) is 39.0. The van der Waals surface area contributed by atoms with Crippen LogP contribution in [0.5, 0.6) is 0 Å². The van der Waals surface area contributed by atoms with Crippen LogP contribution in [0.25, 0.3) is 0 Å². The fraction of sp³-hybridized carbons (Fsp3) is 0.795. The van der Waals surface area contributed by atoms with E-state index in [9.17, 15) is 14.4 Å². The van der Waals surface area contributed by atoms with Crippen LogP contribution >= 0.6 is 0 Å². The Kier molecular flexibility index (Phi) is 64.7. The van der Waals surface area contributed by atoms with Crippen molar-refractivity contribution in [3.8, 4) is 0 Å². The molecular weight excluding hydrogens is 973 g/mol. The van der Waals surface area contributed by atoms with Crippen molar-refractivity contribution in [2.24, 2.45) is 0 Å². The van der Waals surface area contributed by atoms with Crippen molar-refractivity contribution < 1.29 is 28.6 Å². The maximum Gasteiger partial charge on any atom is 0.306 e. The molecule has 0 heterocycles. The standard InChI is InChI=1S/C73H130O6/c1-4-7-10-13-16-19-22-25-28-30-32-33-34-35-36-37-38-39-40-41-42-44-45-48-51-54-57-60-63-66-72(75)78-69-70(68-77-71(74)65-62-59-56-53-50-47-27-24-21-18-15-12-9-6-3)79-73(76)67-64-61-58-55-52-49-46-43-31-29-26-23-20-17-14-11-8-5-2/h7,10,16,19,25,28,32-33,35-36,38-39,70H,4-6,8-9,11-15,17-18,20-24,26-27,29-31,34,37,40-69H2,1-3H3/b10-7-,19-16-,28-25-,33-32-,36-35-,39-38-. The molecule has 0 rings (SSSR count). The first-order valence-electron chi connectivity index (χ1n) is 34.4. The van der Waals surface area contributed by atoms with E-state index >= 15 is 0 Å². The first kappa shape index (κ1) is 75.8. The fourth-order valence-corrected chi connectivity index (χ4v) is 10.1. The van der Waals surface area contributed by atoms with Gasteiger partial charge in [-0.1, -0.05) is 338 Å². The quantitative estimate of drug-likeness (QED) is 0.0261. The van der Waals surface area contributed by atoms with Gasteiger partial charge in [0.05, 0.1) is 0 Å². The smallest absolute Gasteiger partial charge is 0.306 e. The van der Waals surface area contributed by atoms with E-state index in [4.69, 9.17) is 14.2 Å². The van der Waals surface area contributed by atoms with Crippen molar-refractivity contribution in [2.75, 3.05) is 13.2 Å². The summed E-state index contributed by atoms with van der Waals surface area (Å²) < 4.78 is 17.0. The van der Waals surface area contributed by atoms with Crippen molar-refractivity contribution in [1.29, 1.82) is 0 Å². The second-order valence-corrected chi connectivity index (χ2v) is 23.1. The molecule has 79 heavy (non-hydrogen) atoms. The third kappa shape index (κ3) is 65.5. The summed E-state index contributed by atoms with van der Waals surface area (Å²) in [5, 5.41) is 0. The van der Waals surface area contributed by atoms with Gasteiger partial charge in [-0.15, -0.1) is 0 Å². The molecule has 0 aromatic heterocycles. The summed E-state index contributed by atoms with van der Waals surface area (Å²) in [6, 6.07) is 0. The van der Waals surface area contributed by atoms with E-state index in [1.165, 1.54) is 218 Å². The lowest BCUT2D eigenvalue weighted by Gasteiger charge is -2.18. The summed E-state index contributed by atoms with van der Waals surface area (Å²) in [5.74, 6) is -0.851. The first-order valence-corrected chi connectivity index (χ1v) is 34.4. The Morgan fingerprint density at radius 3 is 0.772 bits per heavy atom. The molecule has 0 aromatic rings. The molecule has 0 saturated heterocycles. The summed E-state index contributed by atoms with van der Waals surface area (Å²) in [5.41, 5.74) is 0. The molecule has 0 amide bonds. The van der Waals surface area contributed by atoms with Crippen LogP contribution < -0.4 is 0 Å². The molecule has 0 fully saturated rings. The molecule has 0 aromatic carbocycles. The molecule has 458 valence electrons. The van der Waals surface area contributed by atoms with Crippen molar-refractivity contribution in [3.63, 3.8) is 0 Å². The van der Waals surface area contributed by atoms with Gasteiger partial charge in [-0.3, -0.25) is 14.4 Å². The van der Waals surface area contributed by atoms with Crippen LogP contribution in [0.15, 0.2) is 72.9 Å². The van der Waals surface area contributed by atoms with Gasteiger partial charge in [-0.25, -0.2) is 0 Å². The molecular formula is C73H130O6. The molecule has 0 spiro atoms. The number of unbranched alkanes of at least 4 members (excludes halogenated alkanes) is 40. The number of carbonyl (C=O) groups excluding carboxylic acids is 3. The van der Waals surface area contributed by atoms with E-state index in [2.05, 4.69) is 93.7 Å². The Balaban J connectivity index is 4.27. The third-order valence-corrected chi connectivity index (χ3v) is 15.2. The lowest BCUT2D eigenvalue weighted by molar-refractivity contribution is -0.167. The monoisotopic (exact) mass is 1100 g/mol. The summed E-state index contributed by atoms with van der Waals surface area (Å²) in [7, 11) is 0. The molecule has 1 atom stereocenters. The zero-order valence-electron chi connectivity index (χ0n) is 52.6. The van der Waals surface area contributed by atoms with Gasteiger partial charge in [-0.05, 0) is 70.6 Å². The lowest BCUT2D eigenvalue weighted by Crippen LogP contribution is -2.30. The number of hydrogen-bond acceptors (Lipinski definition) is 6. The van der Waals surface area contributed by atoms with Crippen LogP contribution in [0.2, 0.25) is 0 Å². The average molecular weight is 1100 g/mol. The maximum absolute atomic E-state index is 12.9. The van der Waals surface area contributed by atoms with Gasteiger partial charge in [0.1, 0.15) is 13.2 Å². The third-order valence-electron chi connectivity index (χ3n) is 15.2. The molecule has 0 N–H and O–H groups in total. The minimum Gasteiger partial charge on any atom is -0.462 e. The lowest BCUT2D eigenvalue weighted by atomic mass is 10.0. The highest BCUT2D eigenvalue weighted by Crippen LogP contribution is 2.18. The van der Waals surface area contributed by atoms with E-state index in [0.29, 0.717) is 19.3 Å². The minimum absolute atomic E-state index is 0.0704. The SMILES string of the molecule is CC/C=C\C/C=C\C/C=C\C/C=C\C/C=C\C/C=C\CCCCCCCCCCCCC(=O)OCC(COC(=O)CCCCCCCCCCCCCCCC)OC(=O)CCCCCCCCCCCCCCCCCCCC. The molecule has 1 unspecified atom stereocenters. The Morgan fingerprint density at radius 1 is 0.266 bits per heavy atom. The van der Waals surface area contributed by atoms with Gasteiger partial charge in [0.15, 0.2) is 6.10 Å². The summed E-state index contributed by atoms with van der Waals surface area (Å²) in [6.45, 7) is 6.58. The normalized spacial score (nSPS) is 12.5. The van der Waals surface area contributed by atoms with Crippen molar-refractivity contribution in [3.05, 3.63) is 72.9 Å². The molecule has 6 nitrogen and oxygen atoms in total. The van der Waals surface area contributed by atoms with E-state index < -0.39 is 6.10 Å². The van der Waals surface area contributed by atoms with Crippen molar-refractivity contribution >= 4 is 17.9 Å². The number of carbonyl (C=O) groups is 3. The number of ether oxygens (including phenoxy) is 3. The van der Waals surface area contributed by atoms with Crippen molar-refractivity contribution in [2.45, 2.75) is 361 Å². The second-order valence-electron chi connectivity index (χ2n) is 23.1. The van der Waals surface area contributed by atoms with E-state index in [-0.39, 0.29) is 31.1 Å².